The largest absolute Gasteiger partial charge is 0.494 e. The lowest BCUT2D eigenvalue weighted by Gasteiger charge is -2.19. The van der Waals surface area contributed by atoms with Crippen molar-refractivity contribution in [3.63, 3.8) is 0 Å². The van der Waals surface area contributed by atoms with Crippen LogP contribution >= 0.6 is 0 Å². The van der Waals surface area contributed by atoms with Crippen molar-refractivity contribution in [2.45, 2.75) is 45.5 Å². The molecule has 3 N–H and O–H groups in total. The zero-order valence-corrected chi connectivity index (χ0v) is 20.8. The lowest BCUT2D eigenvalue weighted by atomic mass is 10.1. The summed E-state index contributed by atoms with van der Waals surface area (Å²) in [5.74, 6) is -0.354. The molecule has 1 aliphatic heterocycles. The third kappa shape index (κ3) is 5.24. The second-order valence-corrected chi connectivity index (χ2v) is 9.32. The number of carbonyl (C=O) groups excluding carboxylic acids is 2. The number of halogens is 3. The fraction of sp³-hybridized carbons (Fsp3) is 0.440. The van der Waals surface area contributed by atoms with Gasteiger partial charge in [0.2, 0.25) is 11.8 Å². The number of fused-ring (bicyclic) bond motifs is 1. The normalized spacial score (nSPS) is 16.9. The highest BCUT2D eigenvalue weighted by atomic mass is 19.4. The first kappa shape index (κ1) is 26.4. The molecule has 1 aliphatic rings. The maximum atomic E-state index is 13.3. The summed E-state index contributed by atoms with van der Waals surface area (Å²) in [6.07, 6.45) is -4.04. The van der Waals surface area contributed by atoms with Crippen LogP contribution in [0.2, 0.25) is 0 Å². The number of amides is 2. The highest BCUT2D eigenvalue weighted by Gasteiger charge is 2.34. The molecule has 198 valence electrons. The maximum Gasteiger partial charge on any atom is 0.433 e. The quantitative estimate of drug-likeness (QED) is 0.506. The van der Waals surface area contributed by atoms with Gasteiger partial charge in [-0.15, -0.1) is 0 Å². The summed E-state index contributed by atoms with van der Waals surface area (Å²) < 4.78 is 50.9. The number of methoxy groups -OCH3 is 1. The van der Waals surface area contributed by atoms with Crippen LogP contribution in [-0.4, -0.2) is 52.9 Å². The molecule has 2 atom stereocenters. The highest BCUT2D eigenvalue weighted by molar-refractivity contribution is 5.98. The Morgan fingerprint density at radius 2 is 1.92 bits per heavy atom. The summed E-state index contributed by atoms with van der Waals surface area (Å²) in [7, 11) is 1.33. The Morgan fingerprint density at radius 3 is 2.54 bits per heavy atom. The molecule has 2 aromatic heterocycles. The average molecular weight is 520 g/mol. The van der Waals surface area contributed by atoms with Crippen molar-refractivity contribution in [1.29, 1.82) is 0 Å². The molecule has 4 rings (SSSR count). The molecule has 37 heavy (non-hydrogen) atoms. The van der Waals surface area contributed by atoms with Gasteiger partial charge in [0.05, 0.1) is 13.2 Å². The predicted molar refractivity (Wildman–Crippen MR) is 129 cm³/mol. The van der Waals surface area contributed by atoms with E-state index in [-0.39, 0.29) is 46.5 Å². The van der Waals surface area contributed by atoms with Crippen LogP contribution in [0.15, 0.2) is 28.7 Å². The SMILES string of the molecule is COc1ccc(-c2nc(C(=O)N[C@H]3CCN(C(=O)C(C)C)C3)c([C@H](C)N)o2)c2ccc(C(F)(F)F)nc12. The molecule has 9 nitrogen and oxygen atoms in total. The van der Waals surface area contributed by atoms with E-state index in [1.165, 1.54) is 19.2 Å². The minimum Gasteiger partial charge on any atom is -0.494 e. The molecule has 0 bridgehead atoms. The number of pyridine rings is 1. The second-order valence-electron chi connectivity index (χ2n) is 9.32. The summed E-state index contributed by atoms with van der Waals surface area (Å²) >= 11 is 0. The number of oxazole rings is 1. The van der Waals surface area contributed by atoms with Crippen LogP contribution in [0, 0.1) is 5.92 Å². The van der Waals surface area contributed by atoms with Gasteiger partial charge in [0.1, 0.15) is 17.0 Å². The number of hydrogen-bond donors (Lipinski definition) is 2. The Kier molecular flexibility index (Phi) is 7.13. The molecular weight excluding hydrogens is 491 g/mol. The molecule has 0 radical (unpaired) electrons. The van der Waals surface area contributed by atoms with Gasteiger partial charge in [-0.25, -0.2) is 9.97 Å². The van der Waals surface area contributed by atoms with E-state index in [0.29, 0.717) is 30.5 Å². The van der Waals surface area contributed by atoms with Crippen molar-refractivity contribution in [2.24, 2.45) is 11.7 Å². The molecule has 1 saturated heterocycles. The van der Waals surface area contributed by atoms with E-state index >= 15 is 0 Å². The van der Waals surface area contributed by atoms with Crippen LogP contribution in [0.5, 0.6) is 5.75 Å². The third-order valence-corrected chi connectivity index (χ3v) is 6.17. The molecule has 0 unspecified atom stereocenters. The standard InChI is InChI=1S/C25H28F3N5O4/c1-12(2)24(35)33-10-9-14(11-33)30-22(34)20-21(13(3)29)37-23(32-20)16-5-7-17(36-4)19-15(16)6-8-18(31-19)25(26,27)28/h5-8,12-14H,9-11,29H2,1-4H3,(H,30,34)/t13-,14-/m0/s1. The van der Waals surface area contributed by atoms with Gasteiger partial charge in [0, 0.05) is 36.0 Å². The van der Waals surface area contributed by atoms with E-state index in [2.05, 4.69) is 15.3 Å². The number of ether oxygens (including phenoxy) is 1. The first-order chi connectivity index (χ1) is 17.4. The lowest BCUT2D eigenvalue weighted by Crippen LogP contribution is -2.40. The van der Waals surface area contributed by atoms with Crippen LogP contribution in [0.3, 0.4) is 0 Å². The van der Waals surface area contributed by atoms with Crippen LogP contribution < -0.4 is 15.8 Å². The van der Waals surface area contributed by atoms with Crippen molar-refractivity contribution in [1.82, 2.24) is 20.2 Å². The monoisotopic (exact) mass is 519 g/mol. The molecule has 3 heterocycles. The summed E-state index contributed by atoms with van der Waals surface area (Å²) in [5.41, 5.74) is 5.26. The topological polar surface area (TPSA) is 124 Å². The van der Waals surface area contributed by atoms with Gasteiger partial charge < -0.3 is 25.1 Å². The second kappa shape index (κ2) is 10.0. The molecule has 12 heteroatoms. The Morgan fingerprint density at radius 1 is 1.19 bits per heavy atom. The third-order valence-electron chi connectivity index (χ3n) is 6.17. The van der Waals surface area contributed by atoms with Crippen molar-refractivity contribution in [3.05, 3.63) is 41.4 Å². The van der Waals surface area contributed by atoms with Crippen LogP contribution in [0.1, 0.15) is 55.2 Å². The van der Waals surface area contributed by atoms with E-state index in [0.717, 1.165) is 6.07 Å². The first-order valence-corrected chi connectivity index (χ1v) is 11.8. The van der Waals surface area contributed by atoms with E-state index in [1.807, 2.05) is 13.8 Å². The van der Waals surface area contributed by atoms with Crippen LogP contribution in [0.4, 0.5) is 13.2 Å². The van der Waals surface area contributed by atoms with Gasteiger partial charge in [-0.1, -0.05) is 13.8 Å². The number of alkyl halides is 3. The van der Waals surface area contributed by atoms with Crippen molar-refractivity contribution >= 4 is 22.7 Å². The van der Waals surface area contributed by atoms with Gasteiger partial charge in [-0.3, -0.25) is 9.59 Å². The number of aromatic nitrogens is 2. The Balaban J connectivity index is 1.68. The maximum absolute atomic E-state index is 13.3. The molecule has 1 aromatic carbocycles. The van der Waals surface area contributed by atoms with E-state index < -0.39 is 23.8 Å². The number of nitrogens with one attached hydrogen (secondary N) is 1. The van der Waals surface area contributed by atoms with Gasteiger partial charge in [0.15, 0.2) is 11.5 Å². The Hall–Kier alpha value is -3.67. The average Bonchev–Trinajstić information content (AvgIpc) is 3.49. The van der Waals surface area contributed by atoms with Crippen molar-refractivity contribution < 1.29 is 31.9 Å². The number of nitrogens with zero attached hydrogens (tertiary/aromatic N) is 3. The highest BCUT2D eigenvalue weighted by Crippen LogP contribution is 2.37. The number of carbonyl (C=O) groups is 2. The zero-order valence-electron chi connectivity index (χ0n) is 20.8. The van der Waals surface area contributed by atoms with Crippen LogP contribution in [0.25, 0.3) is 22.4 Å². The fourth-order valence-corrected chi connectivity index (χ4v) is 4.32. The number of likely N-dealkylation sites (tertiary alicyclic amines) is 1. The fourth-order valence-electron chi connectivity index (χ4n) is 4.32. The van der Waals surface area contributed by atoms with Gasteiger partial charge in [-0.05, 0) is 37.6 Å². The summed E-state index contributed by atoms with van der Waals surface area (Å²) in [6, 6.07) is 4.20. The Bertz CT molecular complexity index is 1340. The minimum atomic E-state index is -4.64. The summed E-state index contributed by atoms with van der Waals surface area (Å²) in [4.78, 5) is 35.3. The molecular formula is C25H28F3N5O4. The van der Waals surface area contributed by atoms with E-state index in [1.54, 1.807) is 17.9 Å². The number of rotatable bonds is 6. The molecule has 2 amide bonds. The number of benzene rings is 1. The van der Waals surface area contributed by atoms with Crippen molar-refractivity contribution in [3.8, 4) is 17.2 Å². The lowest BCUT2D eigenvalue weighted by molar-refractivity contribution is -0.141. The molecule has 0 spiro atoms. The van der Waals surface area contributed by atoms with Gasteiger partial charge >= 0.3 is 6.18 Å². The van der Waals surface area contributed by atoms with Gasteiger partial charge in [0.25, 0.3) is 5.91 Å². The first-order valence-electron chi connectivity index (χ1n) is 11.8. The number of nitrogens with two attached hydrogens (primary N) is 1. The van der Waals surface area contributed by atoms with E-state index in [4.69, 9.17) is 14.9 Å². The molecule has 1 fully saturated rings. The molecule has 0 saturated carbocycles. The number of hydrogen-bond acceptors (Lipinski definition) is 7. The Labute approximate surface area is 211 Å². The van der Waals surface area contributed by atoms with Crippen LogP contribution in [-0.2, 0) is 11.0 Å². The van der Waals surface area contributed by atoms with Gasteiger partial charge in [-0.2, -0.15) is 13.2 Å². The zero-order chi connectivity index (χ0) is 27.1. The minimum absolute atomic E-state index is 0.00898. The molecule has 3 aromatic rings. The smallest absolute Gasteiger partial charge is 0.433 e. The summed E-state index contributed by atoms with van der Waals surface area (Å²) in [6.45, 7) is 6.20. The summed E-state index contributed by atoms with van der Waals surface area (Å²) in [5, 5.41) is 3.19. The van der Waals surface area contributed by atoms with E-state index in [9.17, 15) is 22.8 Å². The van der Waals surface area contributed by atoms with Crippen molar-refractivity contribution in [2.75, 3.05) is 20.2 Å². The predicted octanol–water partition coefficient (Wildman–Crippen LogP) is 3.92. The molecule has 0 aliphatic carbocycles.